The quantitative estimate of drug-likeness (QED) is 0.632. The third-order valence-electron chi connectivity index (χ3n) is 3.81. The third-order valence-corrected chi connectivity index (χ3v) is 3.81. The van der Waals surface area contributed by atoms with E-state index in [0.717, 1.165) is 31.2 Å². The summed E-state index contributed by atoms with van der Waals surface area (Å²) in [6, 6.07) is 0.546. The molecule has 108 valence electrons. The van der Waals surface area contributed by atoms with E-state index in [4.69, 9.17) is 4.42 Å². The number of nitrogens with zero attached hydrogens (tertiary/aromatic N) is 2. The lowest BCUT2D eigenvalue weighted by molar-refractivity contribution is 0.390. The molecule has 1 fully saturated rings. The number of hydrogen-bond donors (Lipinski definition) is 1. The predicted octanol–water partition coefficient (Wildman–Crippen LogP) is 3.44. The Labute approximate surface area is 116 Å². The average molecular weight is 265 g/mol. The number of aromatic nitrogens is 2. The fraction of sp³-hybridized carbons (Fsp3) is 0.867. The Kier molecular flexibility index (Phi) is 5.83. The van der Waals surface area contributed by atoms with E-state index in [1.54, 1.807) is 0 Å². The maximum absolute atomic E-state index is 5.84. The lowest BCUT2D eigenvalue weighted by atomic mass is 10.0. The molecule has 0 atom stereocenters. The lowest BCUT2D eigenvalue weighted by Gasteiger charge is -2.08. The smallest absolute Gasteiger partial charge is 0.219 e. The summed E-state index contributed by atoms with van der Waals surface area (Å²) in [5.74, 6) is 2.20. The second kappa shape index (κ2) is 7.63. The van der Waals surface area contributed by atoms with Crippen molar-refractivity contribution < 1.29 is 4.42 Å². The molecule has 0 saturated heterocycles. The van der Waals surface area contributed by atoms with Gasteiger partial charge in [-0.15, -0.1) is 10.2 Å². The first-order chi connectivity index (χ1) is 9.25. The summed E-state index contributed by atoms with van der Waals surface area (Å²) in [4.78, 5) is 0. The van der Waals surface area contributed by atoms with Gasteiger partial charge in [0.05, 0.1) is 0 Å². The van der Waals surface area contributed by atoms with Crippen LogP contribution in [0.15, 0.2) is 4.42 Å². The highest BCUT2D eigenvalue weighted by molar-refractivity contribution is 4.92. The zero-order valence-electron chi connectivity index (χ0n) is 12.3. The first kappa shape index (κ1) is 14.5. The van der Waals surface area contributed by atoms with Crippen molar-refractivity contribution in [1.29, 1.82) is 0 Å². The summed E-state index contributed by atoms with van der Waals surface area (Å²) in [6.45, 7) is 5.34. The van der Waals surface area contributed by atoms with E-state index < -0.39 is 0 Å². The summed E-state index contributed by atoms with van der Waals surface area (Å²) in [7, 11) is 0. The molecule has 0 aliphatic heterocycles. The zero-order valence-corrected chi connectivity index (χ0v) is 12.3. The average Bonchev–Trinajstić information content (AvgIpc) is 2.68. The Balaban J connectivity index is 1.77. The largest absolute Gasteiger partial charge is 0.425 e. The minimum absolute atomic E-state index is 0.512. The summed E-state index contributed by atoms with van der Waals surface area (Å²) >= 11 is 0. The van der Waals surface area contributed by atoms with Gasteiger partial charge in [0.15, 0.2) is 0 Å². The van der Waals surface area contributed by atoms with E-state index in [-0.39, 0.29) is 0 Å². The molecule has 19 heavy (non-hydrogen) atoms. The van der Waals surface area contributed by atoms with E-state index in [1.165, 1.54) is 38.5 Å². The van der Waals surface area contributed by atoms with Gasteiger partial charge in [0, 0.05) is 18.4 Å². The van der Waals surface area contributed by atoms with E-state index in [0.29, 0.717) is 12.0 Å². The second-order valence-corrected chi connectivity index (χ2v) is 5.93. The van der Waals surface area contributed by atoms with Crippen LogP contribution in [0.25, 0.3) is 0 Å². The molecule has 2 rings (SSSR count). The van der Waals surface area contributed by atoms with Crippen LogP contribution in [0.5, 0.6) is 0 Å². The Bertz CT molecular complexity index is 354. The summed E-state index contributed by atoms with van der Waals surface area (Å²) < 4.78 is 5.84. The third kappa shape index (κ3) is 4.94. The molecule has 0 unspecified atom stereocenters. The van der Waals surface area contributed by atoms with Gasteiger partial charge in [-0.25, -0.2) is 0 Å². The number of nitrogens with one attached hydrogen (secondary N) is 1. The van der Waals surface area contributed by atoms with Crippen molar-refractivity contribution in [2.24, 2.45) is 0 Å². The van der Waals surface area contributed by atoms with Crippen molar-refractivity contribution in [1.82, 2.24) is 15.5 Å². The second-order valence-electron chi connectivity index (χ2n) is 5.93. The molecular weight excluding hydrogens is 238 g/mol. The first-order valence-corrected chi connectivity index (χ1v) is 7.81. The van der Waals surface area contributed by atoms with Gasteiger partial charge in [0.2, 0.25) is 11.8 Å². The zero-order chi connectivity index (χ0) is 13.5. The SMILES string of the molecule is CC(C)NCCCc1nnc(C2CCCCCC2)o1. The normalized spacial score (nSPS) is 17.8. The van der Waals surface area contributed by atoms with Crippen molar-refractivity contribution in [2.75, 3.05) is 6.54 Å². The standard InChI is InChI=1S/C15H27N3O/c1-12(2)16-11-7-10-14-17-18-15(19-14)13-8-5-3-4-6-9-13/h12-13,16H,3-11H2,1-2H3. The molecule has 0 amide bonds. The molecule has 1 N–H and O–H groups in total. The van der Waals surface area contributed by atoms with E-state index in [2.05, 4.69) is 29.4 Å². The Morgan fingerprint density at radius 3 is 2.58 bits per heavy atom. The molecule has 4 nitrogen and oxygen atoms in total. The van der Waals surface area contributed by atoms with Crippen LogP contribution >= 0.6 is 0 Å². The van der Waals surface area contributed by atoms with Gasteiger partial charge in [-0.2, -0.15) is 0 Å². The van der Waals surface area contributed by atoms with Crippen molar-refractivity contribution in [3.8, 4) is 0 Å². The van der Waals surface area contributed by atoms with Crippen molar-refractivity contribution in [2.45, 2.75) is 77.2 Å². The van der Waals surface area contributed by atoms with Gasteiger partial charge >= 0.3 is 0 Å². The van der Waals surface area contributed by atoms with E-state index in [9.17, 15) is 0 Å². The molecule has 1 aromatic heterocycles. The van der Waals surface area contributed by atoms with Crippen LogP contribution in [-0.4, -0.2) is 22.8 Å². The van der Waals surface area contributed by atoms with Crippen molar-refractivity contribution in [3.63, 3.8) is 0 Å². The van der Waals surface area contributed by atoms with Gasteiger partial charge in [0.25, 0.3) is 0 Å². The first-order valence-electron chi connectivity index (χ1n) is 7.81. The molecule has 0 bridgehead atoms. The van der Waals surface area contributed by atoms with Gasteiger partial charge in [-0.1, -0.05) is 39.5 Å². The van der Waals surface area contributed by atoms with Crippen LogP contribution in [0.3, 0.4) is 0 Å². The van der Waals surface area contributed by atoms with Gasteiger partial charge < -0.3 is 9.73 Å². The minimum atomic E-state index is 0.512. The maximum atomic E-state index is 5.84. The highest BCUT2D eigenvalue weighted by Gasteiger charge is 2.20. The van der Waals surface area contributed by atoms with Crippen molar-refractivity contribution >= 4 is 0 Å². The number of hydrogen-bond acceptors (Lipinski definition) is 4. The van der Waals surface area contributed by atoms with Crippen LogP contribution in [0.4, 0.5) is 0 Å². The molecule has 1 aliphatic carbocycles. The molecule has 0 aromatic carbocycles. The van der Waals surface area contributed by atoms with Gasteiger partial charge in [-0.05, 0) is 25.8 Å². The highest BCUT2D eigenvalue weighted by atomic mass is 16.4. The molecule has 0 radical (unpaired) electrons. The Hall–Kier alpha value is -0.900. The predicted molar refractivity (Wildman–Crippen MR) is 76.2 cm³/mol. The number of rotatable bonds is 6. The molecular formula is C15H27N3O. The molecule has 1 saturated carbocycles. The van der Waals surface area contributed by atoms with Crippen LogP contribution in [-0.2, 0) is 6.42 Å². The number of aryl methyl sites for hydroxylation is 1. The Morgan fingerprint density at radius 2 is 1.89 bits per heavy atom. The van der Waals surface area contributed by atoms with Gasteiger partial charge in [0.1, 0.15) is 0 Å². The minimum Gasteiger partial charge on any atom is -0.425 e. The van der Waals surface area contributed by atoms with E-state index >= 15 is 0 Å². The molecule has 1 heterocycles. The lowest BCUT2D eigenvalue weighted by Crippen LogP contribution is -2.23. The molecule has 4 heteroatoms. The summed E-state index contributed by atoms with van der Waals surface area (Å²) in [5, 5.41) is 11.9. The van der Waals surface area contributed by atoms with E-state index in [1.807, 2.05) is 0 Å². The molecule has 1 aromatic rings. The van der Waals surface area contributed by atoms with Crippen LogP contribution in [0.2, 0.25) is 0 Å². The summed E-state index contributed by atoms with van der Waals surface area (Å²) in [6.07, 6.45) is 9.72. The monoisotopic (exact) mass is 265 g/mol. The summed E-state index contributed by atoms with van der Waals surface area (Å²) in [5.41, 5.74) is 0. The van der Waals surface area contributed by atoms with Gasteiger partial charge in [-0.3, -0.25) is 0 Å². The molecule has 0 spiro atoms. The molecule has 1 aliphatic rings. The highest BCUT2D eigenvalue weighted by Crippen LogP contribution is 2.30. The fourth-order valence-corrected chi connectivity index (χ4v) is 2.69. The van der Waals surface area contributed by atoms with Crippen LogP contribution < -0.4 is 5.32 Å². The topological polar surface area (TPSA) is 51.0 Å². The maximum Gasteiger partial charge on any atom is 0.219 e. The Morgan fingerprint density at radius 1 is 1.16 bits per heavy atom. The fourth-order valence-electron chi connectivity index (χ4n) is 2.69. The van der Waals surface area contributed by atoms with Crippen molar-refractivity contribution in [3.05, 3.63) is 11.8 Å². The van der Waals surface area contributed by atoms with Crippen LogP contribution in [0, 0.1) is 0 Å². The van der Waals surface area contributed by atoms with Crippen LogP contribution in [0.1, 0.15) is 76.5 Å².